The van der Waals surface area contributed by atoms with Crippen molar-refractivity contribution in [1.82, 2.24) is 0 Å². The summed E-state index contributed by atoms with van der Waals surface area (Å²) in [6.07, 6.45) is 0. The third kappa shape index (κ3) is 3.29. The van der Waals surface area contributed by atoms with Crippen molar-refractivity contribution in [2.24, 2.45) is 0 Å². The van der Waals surface area contributed by atoms with E-state index in [-0.39, 0.29) is 22.7 Å². The molecule has 0 saturated carbocycles. The van der Waals surface area contributed by atoms with E-state index in [0.29, 0.717) is 5.56 Å². The van der Waals surface area contributed by atoms with Crippen LogP contribution in [0.3, 0.4) is 0 Å². The molecule has 0 radical (unpaired) electrons. The highest BCUT2D eigenvalue weighted by atomic mass is 16.6. The second-order valence-electron chi connectivity index (χ2n) is 5.25. The van der Waals surface area contributed by atoms with E-state index in [4.69, 9.17) is 9.47 Å². The Hall–Kier alpha value is -3.09. The number of ketones is 1. The van der Waals surface area contributed by atoms with Crippen LogP contribution in [0.1, 0.15) is 15.9 Å². The van der Waals surface area contributed by atoms with E-state index in [1.165, 1.54) is 26.4 Å². The second-order valence-corrected chi connectivity index (χ2v) is 5.25. The largest absolute Gasteiger partial charge is 0.493 e. The lowest BCUT2D eigenvalue weighted by atomic mass is 10.0. The fourth-order valence-electron chi connectivity index (χ4n) is 2.27. The van der Waals surface area contributed by atoms with Gasteiger partial charge in [0.1, 0.15) is 5.56 Å². The van der Waals surface area contributed by atoms with Crippen LogP contribution in [-0.2, 0) is 0 Å². The standard InChI is InChI=1S/C17H18N2O5/c1-18(2)12-7-5-11(6-8-12)17(20)13-9-15(23-3)16(24-4)10-14(13)19(21)22/h5-10H,1-4H3. The van der Waals surface area contributed by atoms with Gasteiger partial charge in [0.15, 0.2) is 17.3 Å². The highest BCUT2D eigenvalue weighted by Crippen LogP contribution is 2.35. The number of ether oxygens (including phenoxy) is 2. The van der Waals surface area contributed by atoms with E-state index in [0.717, 1.165) is 5.69 Å². The first-order chi connectivity index (χ1) is 11.4. The summed E-state index contributed by atoms with van der Waals surface area (Å²) in [7, 11) is 6.55. The van der Waals surface area contributed by atoms with Crippen LogP contribution in [0.15, 0.2) is 36.4 Å². The number of benzene rings is 2. The van der Waals surface area contributed by atoms with Crippen LogP contribution in [-0.4, -0.2) is 39.0 Å². The number of carbonyl (C=O) groups excluding carboxylic acids is 1. The van der Waals surface area contributed by atoms with Gasteiger partial charge in [0.25, 0.3) is 5.69 Å². The van der Waals surface area contributed by atoms with Crippen molar-refractivity contribution in [3.63, 3.8) is 0 Å². The third-order valence-electron chi connectivity index (χ3n) is 3.59. The molecule has 0 saturated heterocycles. The minimum absolute atomic E-state index is 0.0461. The molecule has 0 heterocycles. The quantitative estimate of drug-likeness (QED) is 0.460. The molecule has 0 aliphatic carbocycles. The summed E-state index contributed by atoms with van der Waals surface area (Å²) in [6.45, 7) is 0. The Balaban J connectivity index is 2.53. The summed E-state index contributed by atoms with van der Waals surface area (Å²) in [5.41, 5.74) is 0.911. The van der Waals surface area contributed by atoms with Crippen LogP contribution in [0.4, 0.5) is 11.4 Å². The van der Waals surface area contributed by atoms with E-state index in [1.807, 2.05) is 19.0 Å². The molecular formula is C17H18N2O5. The highest BCUT2D eigenvalue weighted by molar-refractivity contribution is 6.12. The zero-order valence-electron chi connectivity index (χ0n) is 13.9. The number of rotatable bonds is 6. The Kier molecular flexibility index (Phi) is 5.03. The molecule has 0 amide bonds. The van der Waals surface area contributed by atoms with Crippen molar-refractivity contribution in [3.8, 4) is 11.5 Å². The zero-order chi connectivity index (χ0) is 17.9. The predicted molar refractivity (Wildman–Crippen MR) is 90.4 cm³/mol. The number of hydrogen-bond acceptors (Lipinski definition) is 6. The van der Waals surface area contributed by atoms with Crippen molar-refractivity contribution in [2.45, 2.75) is 0 Å². The molecular weight excluding hydrogens is 312 g/mol. The fraction of sp³-hybridized carbons (Fsp3) is 0.235. The first-order valence-corrected chi connectivity index (χ1v) is 7.11. The van der Waals surface area contributed by atoms with Crippen LogP contribution >= 0.6 is 0 Å². The van der Waals surface area contributed by atoms with Crippen molar-refractivity contribution in [3.05, 3.63) is 57.6 Å². The molecule has 0 N–H and O–H groups in total. The maximum absolute atomic E-state index is 12.7. The molecule has 0 spiro atoms. The number of anilines is 1. The Morgan fingerprint density at radius 2 is 1.58 bits per heavy atom. The van der Waals surface area contributed by atoms with Crippen LogP contribution in [0.5, 0.6) is 11.5 Å². The van der Waals surface area contributed by atoms with E-state index in [2.05, 4.69) is 0 Å². The maximum atomic E-state index is 12.7. The van der Waals surface area contributed by atoms with Crippen molar-refractivity contribution in [1.29, 1.82) is 0 Å². The summed E-state index contributed by atoms with van der Waals surface area (Å²) in [5.74, 6) is 0.00743. The predicted octanol–water partition coefficient (Wildman–Crippen LogP) is 2.91. The van der Waals surface area contributed by atoms with Gasteiger partial charge < -0.3 is 14.4 Å². The van der Waals surface area contributed by atoms with Gasteiger partial charge in [-0.05, 0) is 24.3 Å². The van der Waals surface area contributed by atoms with Gasteiger partial charge >= 0.3 is 0 Å². The van der Waals surface area contributed by atoms with Crippen LogP contribution < -0.4 is 14.4 Å². The Morgan fingerprint density at radius 1 is 1.04 bits per heavy atom. The normalized spacial score (nSPS) is 10.2. The molecule has 2 aromatic rings. The lowest BCUT2D eigenvalue weighted by molar-refractivity contribution is -0.385. The Labute approximate surface area is 139 Å². The molecule has 126 valence electrons. The molecule has 2 aromatic carbocycles. The number of carbonyl (C=O) groups is 1. The number of nitro groups is 1. The van der Waals surface area contributed by atoms with Gasteiger partial charge in [-0.3, -0.25) is 14.9 Å². The first kappa shape index (κ1) is 17.3. The molecule has 0 aliphatic rings. The third-order valence-corrected chi connectivity index (χ3v) is 3.59. The molecule has 7 heteroatoms. The summed E-state index contributed by atoms with van der Waals surface area (Å²) < 4.78 is 10.2. The van der Waals surface area contributed by atoms with Gasteiger partial charge in [-0.15, -0.1) is 0 Å². The molecule has 0 unspecified atom stereocenters. The fourth-order valence-corrected chi connectivity index (χ4v) is 2.27. The number of nitro benzene ring substituents is 1. The van der Waals surface area contributed by atoms with E-state index < -0.39 is 10.7 Å². The van der Waals surface area contributed by atoms with Crippen molar-refractivity contribution in [2.75, 3.05) is 33.2 Å². The number of methoxy groups -OCH3 is 2. The van der Waals surface area contributed by atoms with Gasteiger partial charge in [-0.25, -0.2) is 0 Å². The first-order valence-electron chi connectivity index (χ1n) is 7.11. The lowest BCUT2D eigenvalue weighted by Gasteiger charge is -2.13. The van der Waals surface area contributed by atoms with E-state index in [1.54, 1.807) is 24.3 Å². The summed E-state index contributed by atoms with van der Waals surface area (Å²) in [4.78, 5) is 25.3. The van der Waals surface area contributed by atoms with Crippen LogP contribution in [0, 0.1) is 10.1 Å². The Morgan fingerprint density at radius 3 is 2.04 bits per heavy atom. The summed E-state index contributed by atoms with van der Waals surface area (Å²) >= 11 is 0. The Bertz CT molecular complexity index is 769. The maximum Gasteiger partial charge on any atom is 0.284 e. The van der Waals surface area contributed by atoms with Crippen LogP contribution in [0.25, 0.3) is 0 Å². The van der Waals surface area contributed by atoms with Gasteiger partial charge in [0, 0.05) is 31.4 Å². The average Bonchev–Trinajstić information content (AvgIpc) is 2.59. The van der Waals surface area contributed by atoms with Gasteiger partial charge in [-0.2, -0.15) is 0 Å². The minimum Gasteiger partial charge on any atom is -0.493 e. The average molecular weight is 330 g/mol. The monoisotopic (exact) mass is 330 g/mol. The molecule has 2 rings (SSSR count). The topological polar surface area (TPSA) is 81.9 Å². The molecule has 7 nitrogen and oxygen atoms in total. The van der Waals surface area contributed by atoms with Crippen molar-refractivity contribution < 1.29 is 19.2 Å². The highest BCUT2D eigenvalue weighted by Gasteiger charge is 2.25. The lowest BCUT2D eigenvalue weighted by Crippen LogP contribution is -2.10. The molecule has 24 heavy (non-hydrogen) atoms. The van der Waals surface area contributed by atoms with Crippen LogP contribution in [0.2, 0.25) is 0 Å². The van der Waals surface area contributed by atoms with Crippen molar-refractivity contribution >= 4 is 17.2 Å². The van der Waals surface area contributed by atoms with Gasteiger partial charge in [-0.1, -0.05) is 0 Å². The molecule has 0 bridgehead atoms. The minimum atomic E-state index is -0.608. The molecule has 0 aromatic heterocycles. The van der Waals surface area contributed by atoms with Gasteiger partial charge in [0.05, 0.1) is 25.2 Å². The molecule has 0 aliphatic heterocycles. The summed E-state index contributed by atoms with van der Waals surface area (Å²) in [5, 5.41) is 11.3. The molecule has 0 atom stereocenters. The smallest absolute Gasteiger partial charge is 0.284 e. The zero-order valence-corrected chi connectivity index (χ0v) is 13.9. The number of hydrogen-bond donors (Lipinski definition) is 0. The SMILES string of the molecule is COc1cc(C(=O)c2ccc(N(C)C)cc2)c([N+](=O)[O-])cc1OC. The van der Waals surface area contributed by atoms with E-state index >= 15 is 0 Å². The van der Waals surface area contributed by atoms with E-state index in [9.17, 15) is 14.9 Å². The molecule has 0 fully saturated rings. The second kappa shape index (κ2) is 6.99. The van der Waals surface area contributed by atoms with Gasteiger partial charge in [0.2, 0.25) is 0 Å². The summed E-state index contributed by atoms with van der Waals surface area (Å²) in [6, 6.07) is 9.36. The number of nitrogens with zero attached hydrogens (tertiary/aromatic N) is 2.